The molecule has 1 heterocycles. The monoisotopic (exact) mass is 458 g/mol. The molecule has 0 aliphatic rings. The van der Waals surface area contributed by atoms with Gasteiger partial charge in [0, 0.05) is 30.3 Å². The average Bonchev–Trinajstić information content (AvgIpc) is 3.10. The van der Waals surface area contributed by atoms with Crippen LogP contribution in [0.2, 0.25) is 0 Å². The molecule has 9 heteroatoms. The molecule has 0 saturated carbocycles. The molecule has 0 spiro atoms. The van der Waals surface area contributed by atoms with Gasteiger partial charge in [-0.15, -0.1) is 0 Å². The molecule has 4 rings (SSSR count). The highest BCUT2D eigenvalue weighted by molar-refractivity contribution is 6.09. The van der Waals surface area contributed by atoms with Gasteiger partial charge in [0.2, 0.25) is 0 Å². The van der Waals surface area contributed by atoms with Gasteiger partial charge in [0.15, 0.2) is 0 Å². The zero-order chi connectivity index (χ0) is 24.4. The van der Waals surface area contributed by atoms with Crippen LogP contribution in [0.15, 0.2) is 72.8 Å². The molecule has 0 fully saturated rings. The van der Waals surface area contributed by atoms with Crippen molar-refractivity contribution in [1.29, 1.82) is 0 Å². The third kappa shape index (κ3) is 4.31. The fourth-order valence-corrected chi connectivity index (χ4v) is 3.89. The van der Waals surface area contributed by atoms with E-state index >= 15 is 0 Å². The van der Waals surface area contributed by atoms with Crippen LogP contribution in [0, 0.1) is 10.1 Å². The number of hydrogen-bond acceptors (Lipinski definition) is 5. The molecular formula is C25H22N4O5. The van der Waals surface area contributed by atoms with Crippen molar-refractivity contribution in [3.8, 4) is 0 Å². The Kier molecular flexibility index (Phi) is 6.01. The maximum atomic E-state index is 13.4. The molecule has 3 N–H and O–H groups in total. The number of hydrogen-bond donors (Lipinski definition) is 3. The molecule has 0 saturated heterocycles. The summed E-state index contributed by atoms with van der Waals surface area (Å²) in [5.74, 6) is -1.36. The number of anilines is 2. The fraction of sp³-hybridized carbons (Fsp3) is 0.120. The number of rotatable bonds is 7. The SMILES string of the molecule is CC(NC(=O)c1c(Nc2cccc([N+](=O)[O-])c2)c2ccccc2n1C)c1ccc(C(=O)O)cc1. The Hall–Kier alpha value is -4.66. The molecule has 1 amide bonds. The van der Waals surface area contributed by atoms with Gasteiger partial charge in [-0.25, -0.2) is 4.79 Å². The van der Waals surface area contributed by atoms with E-state index < -0.39 is 10.9 Å². The Morgan fingerprint density at radius 2 is 1.74 bits per heavy atom. The zero-order valence-corrected chi connectivity index (χ0v) is 18.5. The summed E-state index contributed by atoms with van der Waals surface area (Å²) in [5, 5.41) is 27.2. The molecule has 4 aromatic rings. The number of nitrogens with one attached hydrogen (secondary N) is 2. The van der Waals surface area contributed by atoms with E-state index in [4.69, 9.17) is 5.11 Å². The number of nitro benzene ring substituents is 1. The molecule has 1 aromatic heterocycles. The number of carboxylic acid groups (broad SMARTS) is 1. The van der Waals surface area contributed by atoms with Crippen molar-refractivity contribution in [2.75, 3.05) is 5.32 Å². The summed E-state index contributed by atoms with van der Waals surface area (Å²) in [7, 11) is 1.78. The molecule has 9 nitrogen and oxygen atoms in total. The van der Waals surface area contributed by atoms with E-state index in [1.807, 2.05) is 31.2 Å². The van der Waals surface area contributed by atoms with E-state index in [9.17, 15) is 19.7 Å². The standard InChI is InChI=1S/C25H22N4O5/c1-15(16-10-12-17(13-11-16)25(31)32)26-24(30)23-22(20-8-3-4-9-21(20)28(23)2)27-18-6-5-7-19(14-18)29(33)34/h3-15,27H,1-2H3,(H,26,30)(H,31,32). The second-order valence-corrected chi connectivity index (χ2v) is 7.85. The van der Waals surface area contributed by atoms with Gasteiger partial charge in [-0.1, -0.05) is 36.4 Å². The van der Waals surface area contributed by atoms with Gasteiger partial charge in [0.25, 0.3) is 11.6 Å². The number of non-ortho nitro benzene ring substituents is 1. The van der Waals surface area contributed by atoms with E-state index in [-0.39, 0.29) is 23.2 Å². The topological polar surface area (TPSA) is 126 Å². The van der Waals surface area contributed by atoms with Crippen LogP contribution >= 0.6 is 0 Å². The molecule has 0 aliphatic carbocycles. The van der Waals surface area contributed by atoms with Gasteiger partial charge >= 0.3 is 5.97 Å². The number of aromatic carboxylic acids is 1. The largest absolute Gasteiger partial charge is 0.478 e. The lowest BCUT2D eigenvalue weighted by atomic mass is 10.1. The molecule has 0 radical (unpaired) electrons. The van der Waals surface area contributed by atoms with Crippen LogP contribution in [-0.2, 0) is 7.05 Å². The fourth-order valence-electron chi connectivity index (χ4n) is 3.89. The Balaban J connectivity index is 1.69. The number of nitro groups is 1. The molecule has 172 valence electrons. The highest BCUT2D eigenvalue weighted by atomic mass is 16.6. The lowest BCUT2D eigenvalue weighted by Crippen LogP contribution is -2.29. The minimum absolute atomic E-state index is 0.0605. The van der Waals surface area contributed by atoms with Gasteiger partial charge in [-0.2, -0.15) is 0 Å². The minimum atomic E-state index is -1.02. The lowest BCUT2D eigenvalue weighted by molar-refractivity contribution is -0.384. The predicted molar refractivity (Wildman–Crippen MR) is 129 cm³/mol. The summed E-state index contributed by atoms with van der Waals surface area (Å²) in [4.78, 5) is 35.2. The van der Waals surface area contributed by atoms with Gasteiger partial charge in [0.1, 0.15) is 5.69 Å². The minimum Gasteiger partial charge on any atom is -0.478 e. The van der Waals surface area contributed by atoms with Crippen molar-refractivity contribution in [1.82, 2.24) is 9.88 Å². The lowest BCUT2D eigenvalue weighted by Gasteiger charge is -2.16. The molecule has 0 aliphatic heterocycles. The highest BCUT2D eigenvalue weighted by Gasteiger charge is 2.23. The van der Waals surface area contributed by atoms with E-state index in [0.29, 0.717) is 17.1 Å². The zero-order valence-electron chi connectivity index (χ0n) is 18.5. The van der Waals surface area contributed by atoms with Gasteiger partial charge in [-0.05, 0) is 36.8 Å². The third-order valence-corrected chi connectivity index (χ3v) is 5.65. The van der Waals surface area contributed by atoms with E-state index in [0.717, 1.165) is 16.5 Å². The number of benzene rings is 3. The van der Waals surface area contributed by atoms with Crippen molar-refractivity contribution in [2.45, 2.75) is 13.0 Å². The Morgan fingerprint density at radius 1 is 1.03 bits per heavy atom. The smallest absolute Gasteiger partial charge is 0.335 e. The third-order valence-electron chi connectivity index (χ3n) is 5.65. The summed E-state index contributed by atoms with van der Waals surface area (Å²) in [6.45, 7) is 1.81. The second kappa shape index (κ2) is 9.07. The summed E-state index contributed by atoms with van der Waals surface area (Å²) in [6.07, 6.45) is 0. The van der Waals surface area contributed by atoms with Crippen molar-refractivity contribution in [2.24, 2.45) is 7.05 Å². The summed E-state index contributed by atoms with van der Waals surface area (Å²) in [6, 6.07) is 19.5. The van der Waals surface area contributed by atoms with Crippen LogP contribution in [0.3, 0.4) is 0 Å². The first-order valence-corrected chi connectivity index (χ1v) is 10.5. The number of carbonyl (C=O) groups is 2. The molecule has 3 aromatic carbocycles. The number of aryl methyl sites for hydroxylation is 1. The van der Waals surface area contributed by atoms with Crippen molar-refractivity contribution >= 4 is 39.8 Å². The molecule has 34 heavy (non-hydrogen) atoms. The molecule has 1 unspecified atom stereocenters. The van der Waals surface area contributed by atoms with E-state index in [1.165, 1.54) is 24.3 Å². The van der Waals surface area contributed by atoms with Crippen LogP contribution in [0.4, 0.5) is 17.1 Å². The number of carboxylic acids is 1. The van der Waals surface area contributed by atoms with Gasteiger partial charge in [0.05, 0.1) is 27.7 Å². The summed E-state index contributed by atoms with van der Waals surface area (Å²) >= 11 is 0. The Labute approximate surface area is 194 Å². The van der Waals surface area contributed by atoms with E-state index in [2.05, 4.69) is 10.6 Å². The average molecular weight is 458 g/mol. The number of amides is 1. The first-order chi connectivity index (χ1) is 16.3. The number of nitrogens with zero attached hydrogens (tertiary/aromatic N) is 2. The highest BCUT2D eigenvalue weighted by Crippen LogP contribution is 2.34. The van der Waals surface area contributed by atoms with Crippen LogP contribution in [0.1, 0.15) is 39.4 Å². The number of fused-ring (bicyclic) bond motifs is 1. The van der Waals surface area contributed by atoms with Crippen LogP contribution in [0.25, 0.3) is 10.9 Å². The Bertz CT molecular complexity index is 1410. The maximum Gasteiger partial charge on any atom is 0.335 e. The Morgan fingerprint density at radius 3 is 2.41 bits per heavy atom. The summed E-state index contributed by atoms with van der Waals surface area (Å²) in [5.41, 5.74) is 3.06. The first kappa shape index (κ1) is 22.5. The number of carbonyl (C=O) groups excluding carboxylic acids is 1. The van der Waals surface area contributed by atoms with Gasteiger partial charge in [-0.3, -0.25) is 14.9 Å². The molecule has 0 bridgehead atoms. The summed E-state index contributed by atoms with van der Waals surface area (Å²) < 4.78 is 1.77. The van der Waals surface area contributed by atoms with Crippen LogP contribution in [0.5, 0.6) is 0 Å². The first-order valence-electron chi connectivity index (χ1n) is 10.5. The van der Waals surface area contributed by atoms with E-state index in [1.54, 1.807) is 35.9 Å². The van der Waals surface area contributed by atoms with Crippen LogP contribution in [-0.4, -0.2) is 26.5 Å². The molecule has 1 atom stereocenters. The van der Waals surface area contributed by atoms with Crippen molar-refractivity contribution in [3.05, 3.63) is 99.7 Å². The second-order valence-electron chi connectivity index (χ2n) is 7.85. The molecular weight excluding hydrogens is 436 g/mol. The van der Waals surface area contributed by atoms with Gasteiger partial charge < -0.3 is 20.3 Å². The maximum absolute atomic E-state index is 13.4. The number of aromatic nitrogens is 1. The quantitative estimate of drug-likeness (QED) is 0.264. The normalized spacial score (nSPS) is 11.7. The number of para-hydroxylation sites is 1. The van der Waals surface area contributed by atoms with Crippen LogP contribution < -0.4 is 10.6 Å². The predicted octanol–water partition coefficient (Wildman–Crippen LogP) is 5.02. The van der Waals surface area contributed by atoms with Crippen molar-refractivity contribution in [3.63, 3.8) is 0 Å². The van der Waals surface area contributed by atoms with Crippen molar-refractivity contribution < 1.29 is 19.6 Å².